The first-order valence-electron chi connectivity index (χ1n) is 12.9. The highest BCUT2D eigenvalue weighted by molar-refractivity contribution is 6.30. The maximum Gasteiger partial charge on any atom is 0.317 e. The summed E-state index contributed by atoms with van der Waals surface area (Å²) in [6.07, 6.45) is 3.12. The number of benzene rings is 2. The fourth-order valence-electron chi connectivity index (χ4n) is 4.68. The molecule has 4 amide bonds. The van der Waals surface area contributed by atoms with Crippen molar-refractivity contribution >= 4 is 40.8 Å². The van der Waals surface area contributed by atoms with E-state index in [2.05, 4.69) is 15.5 Å². The zero-order valence-electron chi connectivity index (χ0n) is 21.8. The first-order valence-corrected chi connectivity index (χ1v) is 13.3. The maximum absolute atomic E-state index is 13.6. The number of halogens is 1. The number of urea groups is 1. The van der Waals surface area contributed by atoms with Crippen LogP contribution in [0.25, 0.3) is 0 Å². The molecule has 2 saturated heterocycles. The minimum atomic E-state index is -0.297. The highest BCUT2D eigenvalue weighted by Gasteiger charge is 2.28. The van der Waals surface area contributed by atoms with Gasteiger partial charge in [0.05, 0.1) is 5.56 Å². The van der Waals surface area contributed by atoms with Gasteiger partial charge in [0.15, 0.2) is 0 Å². The van der Waals surface area contributed by atoms with E-state index in [4.69, 9.17) is 11.6 Å². The van der Waals surface area contributed by atoms with Gasteiger partial charge in [-0.3, -0.25) is 9.59 Å². The molecule has 0 saturated carbocycles. The predicted octanol–water partition coefficient (Wildman–Crippen LogP) is 4.85. The van der Waals surface area contributed by atoms with Crippen LogP contribution in [0.4, 0.5) is 16.2 Å². The molecule has 2 aliphatic heterocycles. The molecule has 9 heteroatoms. The average Bonchev–Trinajstić information content (AvgIpc) is 2.88. The molecule has 2 fully saturated rings. The standard InChI is InChI=1S/C28H36ClN5O3/c1-28(2,3)31-27(37)34-17-15-32(16-18-34)24-12-11-22(30-25(35)20-7-9-21(29)10-8-20)19-23(24)26(36)33-13-5-4-6-14-33/h7-12,19H,4-6,13-18H2,1-3H3,(H,30,35)(H,31,37). The third kappa shape index (κ3) is 6.95. The van der Waals surface area contributed by atoms with Gasteiger partial charge in [-0.25, -0.2) is 4.79 Å². The molecule has 2 aromatic carbocycles. The molecule has 37 heavy (non-hydrogen) atoms. The van der Waals surface area contributed by atoms with Crippen LogP contribution in [0.1, 0.15) is 60.7 Å². The number of carbonyl (C=O) groups excluding carboxylic acids is 3. The van der Waals surface area contributed by atoms with E-state index in [1.54, 1.807) is 30.3 Å². The van der Waals surface area contributed by atoms with Crippen LogP contribution in [0.2, 0.25) is 5.02 Å². The Morgan fingerprint density at radius 3 is 2.08 bits per heavy atom. The number of hydrogen-bond donors (Lipinski definition) is 2. The monoisotopic (exact) mass is 525 g/mol. The molecule has 0 radical (unpaired) electrons. The van der Waals surface area contributed by atoms with Crippen LogP contribution >= 0.6 is 11.6 Å². The summed E-state index contributed by atoms with van der Waals surface area (Å²) in [7, 11) is 0. The molecule has 2 N–H and O–H groups in total. The van der Waals surface area contributed by atoms with Gasteiger partial charge in [-0.05, 0) is 82.5 Å². The molecule has 198 valence electrons. The molecule has 4 rings (SSSR count). The minimum Gasteiger partial charge on any atom is -0.367 e. The third-order valence-corrected chi connectivity index (χ3v) is 6.88. The molecule has 0 aromatic heterocycles. The summed E-state index contributed by atoms with van der Waals surface area (Å²) in [5, 5.41) is 6.50. The highest BCUT2D eigenvalue weighted by Crippen LogP contribution is 2.28. The Kier molecular flexibility index (Phi) is 8.27. The quantitative estimate of drug-likeness (QED) is 0.597. The number of nitrogens with zero attached hydrogens (tertiary/aromatic N) is 3. The van der Waals surface area contributed by atoms with E-state index in [0.29, 0.717) is 48.0 Å². The van der Waals surface area contributed by atoms with Crippen LogP contribution in [0.15, 0.2) is 42.5 Å². The average molecular weight is 526 g/mol. The van der Waals surface area contributed by atoms with Crippen LogP contribution in [0.5, 0.6) is 0 Å². The Bertz CT molecular complexity index is 1130. The van der Waals surface area contributed by atoms with E-state index in [0.717, 1.165) is 38.0 Å². The number of hydrogen-bond acceptors (Lipinski definition) is 4. The highest BCUT2D eigenvalue weighted by atomic mass is 35.5. The Balaban J connectivity index is 1.54. The Morgan fingerprint density at radius 1 is 0.811 bits per heavy atom. The first-order chi connectivity index (χ1) is 17.6. The Labute approximate surface area is 223 Å². The minimum absolute atomic E-state index is 0.0230. The molecule has 0 spiro atoms. The number of piperidine rings is 1. The van der Waals surface area contributed by atoms with Gasteiger partial charge in [-0.15, -0.1) is 0 Å². The summed E-state index contributed by atoms with van der Waals surface area (Å²) in [5.41, 5.74) is 2.16. The molecule has 2 heterocycles. The van der Waals surface area contributed by atoms with Crippen molar-refractivity contribution < 1.29 is 14.4 Å². The van der Waals surface area contributed by atoms with Gasteiger partial charge in [0, 0.05) is 66.8 Å². The van der Waals surface area contributed by atoms with Crippen LogP contribution in [-0.2, 0) is 0 Å². The van der Waals surface area contributed by atoms with E-state index in [-0.39, 0.29) is 23.4 Å². The van der Waals surface area contributed by atoms with Crippen LogP contribution < -0.4 is 15.5 Å². The van der Waals surface area contributed by atoms with Gasteiger partial charge in [-0.2, -0.15) is 0 Å². The number of amides is 4. The van der Waals surface area contributed by atoms with Crippen molar-refractivity contribution in [1.29, 1.82) is 0 Å². The van der Waals surface area contributed by atoms with Crippen molar-refractivity contribution in [2.45, 2.75) is 45.6 Å². The lowest BCUT2D eigenvalue weighted by atomic mass is 10.1. The smallest absolute Gasteiger partial charge is 0.317 e. The van der Waals surface area contributed by atoms with Gasteiger partial charge in [0.2, 0.25) is 0 Å². The third-order valence-electron chi connectivity index (χ3n) is 6.62. The van der Waals surface area contributed by atoms with Crippen LogP contribution in [0, 0.1) is 0 Å². The molecular formula is C28H36ClN5O3. The number of anilines is 2. The van der Waals surface area contributed by atoms with E-state index in [1.807, 2.05) is 42.7 Å². The number of rotatable bonds is 4. The fourth-order valence-corrected chi connectivity index (χ4v) is 4.81. The zero-order valence-corrected chi connectivity index (χ0v) is 22.6. The largest absolute Gasteiger partial charge is 0.367 e. The lowest BCUT2D eigenvalue weighted by molar-refractivity contribution is 0.0724. The summed E-state index contributed by atoms with van der Waals surface area (Å²) >= 11 is 5.95. The van der Waals surface area contributed by atoms with Crippen molar-refractivity contribution in [2.24, 2.45) is 0 Å². The second-order valence-electron chi connectivity index (χ2n) is 10.7. The van der Waals surface area contributed by atoms with Crippen molar-refractivity contribution in [2.75, 3.05) is 49.5 Å². The van der Waals surface area contributed by atoms with Gasteiger partial charge in [-0.1, -0.05) is 11.6 Å². The summed E-state index contributed by atoms with van der Waals surface area (Å²) < 4.78 is 0. The van der Waals surface area contributed by atoms with Crippen molar-refractivity contribution in [1.82, 2.24) is 15.1 Å². The summed E-state index contributed by atoms with van der Waals surface area (Å²) in [4.78, 5) is 44.9. The SMILES string of the molecule is CC(C)(C)NC(=O)N1CCN(c2ccc(NC(=O)c3ccc(Cl)cc3)cc2C(=O)N2CCCCC2)CC1. The number of likely N-dealkylation sites (tertiary alicyclic amines) is 1. The number of nitrogens with one attached hydrogen (secondary N) is 2. The molecule has 2 aliphatic rings. The van der Waals surface area contributed by atoms with Gasteiger partial charge in [0.25, 0.3) is 11.8 Å². The van der Waals surface area contributed by atoms with Crippen molar-refractivity contribution in [3.8, 4) is 0 Å². The van der Waals surface area contributed by atoms with E-state index < -0.39 is 0 Å². The molecule has 0 bridgehead atoms. The summed E-state index contributed by atoms with van der Waals surface area (Å²) in [6.45, 7) is 9.73. The van der Waals surface area contributed by atoms with E-state index in [1.165, 1.54) is 0 Å². The predicted molar refractivity (Wildman–Crippen MR) is 148 cm³/mol. The van der Waals surface area contributed by atoms with Gasteiger partial charge < -0.3 is 25.3 Å². The molecule has 0 atom stereocenters. The summed E-state index contributed by atoms with van der Waals surface area (Å²) in [6, 6.07) is 12.1. The molecule has 0 unspecified atom stereocenters. The Morgan fingerprint density at radius 2 is 1.46 bits per heavy atom. The lowest BCUT2D eigenvalue weighted by Crippen LogP contribution is -2.55. The Hall–Kier alpha value is -3.26. The second-order valence-corrected chi connectivity index (χ2v) is 11.1. The van der Waals surface area contributed by atoms with E-state index >= 15 is 0 Å². The molecular weight excluding hydrogens is 490 g/mol. The normalized spacial score (nSPS) is 16.4. The topological polar surface area (TPSA) is 85.0 Å². The van der Waals surface area contributed by atoms with Crippen molar-refractivity contribution in [3.63, 3.8) is 0 Å². The van der Waals surface area contributed by atoms with Gasteiger partial charge >= 0.3 is 6.03 Å². The molecule has 8 nitrogen and oxygen atoms in total. The van der Waals surface area contributed by atoms with Gasteiger partial charge in [0.1, 0.15) is 0 Å². The van der Waals surface area contributed by atoms with E-state index in [9.17, 15) is 14.4 Å². The van der Waals surface area contributed by atoms with Crippen molar-refractivity contribution in [3.05, 3.63) is 58.6 Å². The fraction of sp³-hybridized carbons (Fsp3) is 0.464. The first kappa shape index (κ1) is 26.8. The maximum atomic E-state index is 13.6. The molecule has 0 aliphatic carbocycles. The number of carbonyl (C=O) groups is 3. The number of piperazine rings is 1. The second kappa shape index (κ2) is 11.4. The zero-order chi connectivity index (χ0) is 26.6. The van der Waals surface area contributed by atoms with Crippen LogP contribution in [-0.4, -0.2) is 72.5 Å². The molecule has 2 aromatic rings. The lowest BCUT2D eigenvalue weighted by Gasteiger charge is -2.38. The van der Waals surface area contributed by atoms with Crippen LogP contribution in [0.3, 0.4) is 0 Å². The summed E-state index contributed by atoms with van der Waals surface area (Å²) in [5.74, 6) is -0.288.